The molecule has 0 radical (unpaired) electrons. The number of carbonyl (C=O) groups excluding carboxylic acids is 2. The number of hydrogen-bond donors (Lipinski definition) is 1. The van der Waals surface area contributed by atoms with Gasteiger partial charge in [0.15, 0.2) is 5.54 Å². The number of halogens is 3. The summed E-state index contributed by atoms with van der Waals surface area (Å²) in [5.41, 5.74) is -1.87. The van der Waals surface area contributed by atoms with E-state index in [0.717, 1.165) is 17.0 Å². The van der Waals surface area contributed by atoms with E-state index in [1.165, 1.54) is 25.3 Å². The molecule has 1 aliphatic rings. The number of amides is 3. The van der Waals surface area contributed by atoms with Crippen molar-refractivity contribution < 1.29 is 31.7 Å². The van der Waals surface area contributed by atoms with Crippen LogP contribution in [0.2, 0.25) is 0 Å². The molecule has 3 aromatic rings. The molecule has 3 amide bonds. The lowest BCUT2D eigenvalue weighted by Gasteiger charge is -2.18. The normalized spacial score (nSPS) is 19.7. The minimum absolute atomic E-state index is 0.0366. The Bertz CT molecular complexity index is 1060. The molecule has 0 saturated carbocycles. The Morgan fingerprint density at radius 2 is 1.90 bits per heavy atom. The van der Waals surface area contributed by atoms with E-state index in [0.29, 0.717) is 5.56 Å². The molecular weight excluding hydrogens is 393 g/mol. The van der Waals surface area contributed by atoms with Gasteiger partial charge in [0.25, 0.3) is 5.91 Å². The number of carbonyl (C=O) groups is 2. The fourth-order valence-corrected chi connectivity index (χ4v) is 2.95. The first-order chi connectivity index (χ1) is 13.7. The van der Waals surface area contributed by atoms with E-state index >= 15 is 0 Å². The van der Waals surface area contributed by atoms with Gasteiger partial charge in [-0.15, -0.1) is 0 Å². The summed E-state index contributed by atoms with van der Waals surface area (Å²) in [6, 6.07) is 6.71. The molecule has 1 saturated heterocycles. The van der Waals surface area contributed by atoms with Gasteiger partial charge in [-0.25, -0.2) is 4.79 Å². The Hall–Kier alpha value is -3.63. The van der Waals surface area contributed by atoms with E-state index in [-0.39, 0.29) is 24.0 Å². The molecule has 1 aliphatic heterocycles. The van der Waals surface area contributed by atoms with E-state index in [2.05, 4.69) is 15.5 Å². The topological polar surface area (TPSA) is 101 Å². The SMILES string of the molecule is CC1(c2ccco2)NC(=O)N(Cc2nc(-c3ccc(C(F)(F)F)cc3)no2)C1=O. The fraction of sp³-hybridized carbons (Fsp3) is 0.222. The van der Waals surface area contributed by atoms with E-state index in [4.69, 9.17) is 8.94 Å². The molecule has 8 nitrogen and oxygen atoms in total. The van der Waals surface area contributed by atoms with E-state index in [1.807, 2.05) is 0 Å². The molecule has 2 aromatic heterocycles. The first-order valence-corrected chi connectivity index (χ1v) is 8.37. The van der Waals surface area contributed by atoms with Crippen molar-refractivity contribution in [2.45, 2.75) is 25.2 Å². The molecule has 0 aliphatic carbocycles. The Kier molecular flexibility index (Phi) is 4.17. The minimum Gasteiger partial charge on any atom is -0.466 e. The van der Waals surface area contributed by atoms with E-state index in [1.54, 1.807) is 12.1 Å². The van der Waals surface area contributed by atoms with Gasteiger partial charge in [0.05, 0.1) is 11.8 Å². The highest BCUT2D eigenvalue weighted by Crippen LogP contribution is 2.31. The molecule has 0 spiro atoms. The van der Waals surface area contributed by atoms with Crippen LogP contribution in [0, 0.1) is 0 Å². The van der Waals surface area contributed by atoms with Crippen LogP contribution in [0.1, 0.15) is 24.1 Å². The van der Waals surface area contributed by atoms with Crippen molar-refractivity contribution in [2.24, 2.45) is 0 Å². The number of furan rings is 1. The van der Waals surface area contributed by atoms with Crippen LogP contribution in [0.3, 0.4) is 0 Å². The summed E-state index contributed by atoms with van der Waals surface area (Å²) >= 11 is 0. The third-order valence-corrected chi connectivity index (χ3v) is 4.52. The molecule has 0 bridgehead atoms. The number of urea groups is 1. The fourth-order valence-electron chi connectivity index (χ4n) is 2.95. The van der Waals surface area contributed by atoms with Gasteiger partial charge >= 0.3 is 12.2 Å². The van der Waals surface area contributed by atoms with Gasteiger partial charge in [0.2, 0.25) is 11.7 Å². The van der Waals surface area contributed by atoms with Gasteiger partial charge in [0, 0.05) is 5.56 Å². The molecule has 1 unspecified atom stereocenters. The zero-order valence-electron chi connectivity index (χ0n) is 14.9. The molecule has 11 heteroatoms. The molecule has 1 aromatic carbocycles. The Morgan fingerprint density at radius 3 is 2.52 bits per heavy atom. The third kappa shape index (κ3) is 3.24. The second kappa shape index (κ2) is 6.47. The number of alkyl halides is 3. The van der Waals surface area contributed by atoms with Crippen LogP contribution >= 0.6 is 0 Å². The van der Waals surface area contributed by atoms with Crippen LogP contribution in [0.4, 0.5) is 18.0 Å². The lowest BCUT2D eigenvalue weighted by atomic mass is 9.99. The number of benzene rings is 1. The summed E-state index contributed by atoms with van der Waals surface area (Å²) in [5.74, 6) is -0.303. The lowest BCUT2D eigenvalue weighted by molar-refractivity contribution is -0.137. The standard InChI is InChI=1S/C18H13F3N4O4/c1-17(12-3-2-8-28-12)15(26)25(16(27)23-17)9-13-22-14(24-29-13)10-4-6-11(7-5-10)18(19,20)21/h2-8H,9H2,1H3,(H,23,27). The maximum atomic E-state index is 12.7. The summed E-state index contributed by atoms with van der Waals surface area (Å²) in [5, 5.41) is 6.26. The number of nitrogens with one attached hydrogen (secondary N) is 1. The van der Waals surface area contributed by atoms with Gasteiger partial charge < -0.3 is 14.3 Å². The van der Waals surface area contributed by atoms with Gasteiger partial charge in [-0.05, 0) is 31.2 Å². The molecule has 1 N–H and O–H groups in total. The predicted molar refractivity (Wildman–Crippen MR) is 89.9 cm³/mol. The highest BCUT2D eigenvalue weighted by molar-refractivity contribution is 6.06. The van der Waals surface area contributed by atoms with Crippen molar-refractivity contribution in [3.8, 4) is 11.4 Å². The molecule has 3 heterocycles. The number of nitrogens with zero attached hydrogens (tertiary/aromatic N) is 3. The smallest absolute Gasteiger partial charge is 0.416 e. The summed E-state index contributed by atoms with van der Waals surface area (Å²) < 4.78 is 48.3. The summed E-state index contributed by atoms with van der Waals surface area (Å²) in [7, 11) is 0. The lowest BCUT2D eigenvalue weighted by Crippen LogP contribution is -2.40. The zero-order valence-corrected chi connectivity index (χ0v) is 14.9. The summed E-state index contributed by atoms with van der Waals surface area (Å²) in [4.78, 5) is 30.0. The number of aromatic nitrogens is 2. The first-order valence-electron chi connectivity index (χ1n) is 8.37. The van der Waals surface area contributed by atoms with Crippen LogP contribution in [0.25, 0.3) is 11.4 Å². The van der Waals surface area contributed by atoms with Crippen LogP contribution in [0.15, 0.2) is 51.6 Å². The van der Waals surface area contributed by atoms with Crippen molar-refractivity contribution in [1.82, 2.24) is 20.4 Å². The van der Waals surface area contributed by atoms with Gasteiger partial charge in [-0.3, -0.25) is 9.69 Å². The van der Waals surface area contributed by atoms with Gasteiger partial charge in [-0.1, -0.05) is 17.3 Å². The van der Waals surface area contributed by atoms with E-state index < -0.39 is 29.2 Å². The van der Waals surface area contributed by atoms with Crippen LogP contribution in [-0.2, 0) is 23.1 Å². The number of hydrogen-bond acceptors (Lipinski definition) is 6. The quantitative estimate of drug-likeness (QED) is 0.667. The molecular formula is C18H13F3N4O4. The van der Waals surface area contributed by atoms with Crippen molar-refractivity contribution >= 4 is 11.9 Å². The monoisotopic (exact) mass is 406 g/mol. The second-order valence-corrected chi connectivity index (χ2v) is 6.51. The minimum atomic E-state index is -4.45. The Labute approximate surface area is 161 Å². The maximum absolute atomic E-state index is 12.7. The van der Waals surface area contributed by atoms with Crippen LogP contribution in [-0.4, -0.2) is 27.0 Å². The third-order valence-electron chi connectivity index (χ3n) is 4.52. The van der Waals surface area contributed by atoms with Crippen LogP contribution < -0.4 is 5.32 Å². The molecule has 29 heavy (non-hydrogen) atoms. The van der Waals surface area contributed by atoms with Gasteiger partial charge in [-0.2, -0.15) is 18.2 Å². The predicted octanol–water partition coefficient (Wildman–Crippen LogP) is 3.32. The average molecular weight is 406 g/mol. The highest BCUT2D eigenvalue weighted by atomic mass is 19.4. The van der Waals surface area contributed by atoms with Gasteiger partial charge in [0.1, 0.15) is 12.3 Å². The molecule has 150 valence electrons. The Morgan fingerprint density at radius 1 is 1.17 bits per heavy atom. The summed E-state index contributed by atoms with van der Waals surface area (Å²) in [6.07, 6.45) is -3.07. The number of imide groups is 1. The largest absolute Gasteiger partial charge is 0.466 e. The second-order valence-electron chi connectivity index (χ2n) is 6.51. The molecule has 4 rings (SSSR count). The zero-order chi connectivity index (χ0) is 20.8. The van der Waals surface area contributed by atoms with Crippen molar-refractivity contribution in [2.75, 3.05) is 0 Å². The Balaban J connectivity index is 1.52. The van der Waals surface area contributed by atoms with Crippen LogP contribution in [0.5, 0.6) is 0 Å². The number of rotatable bonds is 4. The maximum Gasteiger partial charge on any atom is 0.416 e. The van der Waals surface area contributed by atoms with Crippen molar-refractivity contribution in [3.05, 3.63) is 59.9 Å². The molecule has 1 atom stereocenters. The molecule has 1 fully saturated rings. The van der Waals surface area contributed by atoms with Crippen molar-refractivity contribution in [1.29, 1.82) is 0 Å². The average Bonchev–Trinajstić information content (AvgIpc) is 3.40. The highest BCUT2D eigenvalue weighted by Gasteiger charge is 2.51. The summed E-state index contributed by atoms with van der Waals surface area (Å²) in [6.45, 7) is 1.21. The van der Waals surface area contributed by atoms with E-state index in [9.17, 15) is 22.8 Å². The van der Waals surface area contributed by atoms with Crippen molar-refractivity contribution in [3.63, 3.8) is 0 Å². The first kappa shape index (κ1) is 18.7.